The minimum Gasteiger partial charge on any atom is -0.352 e. The number of hydrogen-bond donors (Lipinski definition) is 1. The van der Waals surface area contributed by atoms with Crippen molar-refractivity contribution in [2.24, 2.45) is 0 Å². The van der Waals surface area contributed by atoms with E-state index in [-0.39, 0.29) is 5.82 Å². The Bertz CT molecular complexity index is 924. The van der Waals surface area contributed by atoms with Gasteiger partial charge in [-0.05, 0) is 45.0 Å². The van der Waals surface area contributed by atoms with E-state index in [1.54, 1.807) is 24.5 Å². The average Bonchev–Trinajstić information content (AvgIpc) is 3.06. The van der Waals surface area contributed by atoms with Crippen molar-refractivity contribution in [1.29, 1.82) is 0 Å². The van der Waals surface area contributed by atoms with Crippen LogP contribution in [0.3, 0.4) is 0 Å². The van der Waals surface area contributed by atoms with Crippen LogP contribution in [0.4, 0.5) is 10.2 Å². The zero-order chi connectivity index (χ0) is 19.7. The van der Waals surface area contributed by atoms with E-state index in [4.69, 9.17) is 0 Å². The summed E-state index contributed by atoms with van der Waals surface area (Å²) < 4.78 is 13.3. The molecule has 146 valence electrons. The first-order chi connectivity index (χ1) is 13.5. The molecule has 0 aliphatic carbocycles. The monoisotopic (exact) mass is 380 g/mol. The fraction of sp³-hybridized carbons (Fsp3) is 0.381. The summed E-state index contributed by atoms with van der Waals surface area (Å²) in [5.41, 5.74) is 5.18. The summed E-state index contributed by atoms with van der Waals surface area (Å²) >= 11 is 0. The zero-order valence-electron chi connectivity index (χ0n) is 16.5. The second kappa shape index (κ2) is 7.67. The number of halogens is 1. The van der Waals surface area contributed by atoms with Crippen LogP contribution >= 0.6 is 0 Å². The van der Waals surface area contributed by atoms with Gasteiger partial charge in [-0.25, -0.2) is 9.37 Å². The standard InChI is InChI=1S/C21H25FN6/c1-14-19(15(2)26-25-14)16(3)27-10-12-28(13-11-27)21-20(23-8-9-24-21)17-4-6-18(22)7-5-17/h4-9,16H,10-13H2,1-3H3,(H,25,26). The van der Waals surface area contributed by atoms with Gasteiger partial charge in [-0.3, -0.25) is 15.0 Å². The minimum atomic E-state index is -0.248. The molecule has 1 fully saturated rings. The lowest BCUT2D eigenvalue weighted by Crippen LogP contribution is -2.47. The molecular weight excluding hydrogens is 355 g/mol. The molecule has 1 aliphatic rings. The fourth-order valence-corrected chi connectivity index (χ4v) is 4.05. The zero-order valence-corrected chi connectivity index (χ0v) is 16.5. The highest BCUT2D eigenvalue weighted by atomic mass is 19.1. The first-order valence-corrected chi connectivity index (χ1v) is 9.62. The van der Waals surface area contributed by atoms with Crippen molar-refractivity contribution in [2.75, 3.05) is 31.1 Å². The number of aromatic amines is 1. The largest absolute Gasteiger partial charge is 0.352 e. The summed E-state index contributed by atoms with van der Waals surface area (Å²) in [5.74, 6) is 0.610. The number of H-pyrrole nitrogens is 1. The summed E-state index contributed by atoms with van der Waals surface area (Å²) in [6, 6.07) is 6.75. The molecule has 0 bridgehead atoms. The summed E-state index contributed by atoms with van der Waals surface area (Å²) in [5, 5.41) is 7.43. The third-order valence-corrected chi connectivity index (χ3v) is 5.56. The van der Waals surface area contributed by atoms with Gasteiger partial charge < -0.3 is 4.90 Å². The van der Waals surface area contributed by atoms with E-state index in [2.05, 4.69) is 50.7 Å². The van der Waals surface area contributed by atoms with Crippen molar-refractivity contribution in [3.63, 3.8) is 0 Å². The Hall–Kier alpha value is -2.80. The molecule has 0 radical (unpaired) electrons. The molecule has 3 aromatic rings. The van der Waals surface area contributed by atoms with E-state index >= 15 is 0 Å². The number of hydrogen-bond acceptors (Lipinski definition) is 5. The Kier molecular flexibility index (Phi) is 5.09. The van der Waals surface area contributed by atoms with E-state index in [0.717, 1.165) is 54.6 Å². The van der Waals surface area contributed by atoms with Crippen LogP contribution < -0.4 is 4.90 Å². The minimum absolute atomic E-state index is 0.248. The number of rotatable bonds is 4. The predicted octanol–water partition coefficient (Wildman–Crippen LogP) is 3.51. The highest BCUT2D eigenvalue weighted by Gasteiger charge is 2.27. The van der Waals surface area contributed by atoms with Crippen molar-refractivity contribution < 1.29 is 4.39 Å². The van der Waals surface area contributed by atoms with Crippen LogP contribution in [0.5, 0.6) is 0 Å². The topological polar surface area (TPSA) is 60.9 Å². The first kappa shape index (κ1) is 18.6. The van der Waals surface area contributed by atoms with Crippen LogP contribution in [0.15, 0.2) is 36.7 Å². The van der Waals surface area contributed by atoms with Crippen LogP contribution in [0, 0.1) is 19.7 Å². The molecule has 1 aromatic carbocycles. The molecule has 6 nitrogen and oxygen atoms in total. The summed E-state index contributed by atoms with van der Waals surface area (Å²) in [7, 11) is 0. The molecule has 1 atom stereocenters. The number of benzene rings is 1. The maximum Gasteiger partial charge on any atom is 0.155 e. The number of aromatic nitrogens is 4. The van der Waals surface area contributed by atoms with Gasteiger partial charge in [-0.2, -0.15) is 5.10 Å². The molecule has 1 N–H and O–H groups in total. The second-order valence-corrected chi connectivity index (χ2v) is 7.28. The lowest BCUT2D eigenvalue weighted by molar-refractivity contribution is 0.197. The van der Waals surface area contributed by atoms with Gasteiger partial charge in [-0.1, -0.05) is 0 Å². The van der Waals surface area contributed by atoms with E-state index in [1.807, 2.05) is 0 Å². The maximum atomic E-state index is 13.3. The van der Waals surface area contributed by atoms with E-state index in [9.17, 15) is 4.39 Å². The lowest BCUT2D eigenvalue weighted by Gasteiger charge is -2.39. The number of piperazine rings is 1. The second-order valence-electron chi connectivity index (χ2n) is 7.28. The van der Waals surface area contributed by atoms with Gasteiger partial charge in [0.1, 0.15) is 11.5 Å². The van der Waals surface area contributed by atoms with Gasteiger partial charge in [0.05, 0.1) is 5.69 Å². The summed E-state index contributed by atoms with van der Waals surface area (Å²) in [6.45, 7) is 9.99. The lowest BCUT2D eigenvalue weighted by atomic mass is 10.0. The molecule has 3 heterocycles. The number of nitrogens with zero attached hydrogens (tertiary/aromatic N) is 5. The van der Waals surface area contributed by atoms with Crippen LogP contribution in [0.1, 0.15) is 29.9 Å². The molecule has 1 aliphatic heterocycles. The first-order valence-electron chi connectivity index (χ1n) is 9.62. The summed E-state index contributed by atoms with van der Waals surface area (Å²) in [6.07, 6.45) is 3.40. The van der Waals surface area contributed by atoms with Crippen molar-refractivity contribution in [2.45, 2.75) is 26.8 Å². The molecular formula is C21H25FN6. The van der Waals surface area contributed by atoms with Gasteiger partial charge in [0.25, 0.3) is 0 Å². The van der Waals surface area contributed by atoms with Crippen LogP contribution in [-0.4, -0.2) is 51.2 Å². The molecule has 7 heteroatoms. The molecule has 0 amide bonds. The molecule has 1 saturated heterocycles. The smallest absolute Gasteiger partial charge is 0.155 e. The predicted molar refractivity (Wildman–Crippen MR) is 108 cm³/mol. The molecule has 1 unspecified atom stereocenters. The molecule has 2 aromatic heterocycles. The Morgan fingerprint density at radius 2 is 1.68 bits per heavy atom. The van der Waals surface area contributed by atoms with Crippen molar-refractivity contribution in [1.82, 2.24) is 25.1 Å². The van der Waals surface area contributed by atoms with Gasteiger partial charge in [0, 0.05) is 61.4 Å². The number of aryl methyl sites for hydroxylation is 2. The van der Waals surface area contributed by atoms with Crippen LogP contribution in [0.25, 0.3) is 11.3 Å². The van der Waals surface area contributed by atoms with Crippen LogP contribution in [0.2, 0.25) is 0 Å². The van der Waals surface area contributed by atoms with Crippen molar-refractivity contribution in [3.8, 4) is 11.3 Å². The third-order valence-electron chi connectivity index (χ3n) is 5.56. The van der Waals surface area contributed by atoms with Crippen LogP contribution in [-0.2, 0) is 0 Å². The van der Waals surface area contributed by atoms with Crippen molar-refractivity contribution >= 4 is 5.82 Å². The van der Waals surface area contributed by atoms with E-state index in [0.29, 0.717) is 6.04 Å². The Balaban J connectivity index is 1.51. The highest BCUT2D eigenvalue weighted by molar-refractivity contribution is 5.72. The van der Waals surface area contributed by atoms with Gasteiger partial charge in [-0.15, -0.1) is 0 Å². The SMILES string of the molecule is Cc1n[nH]c(C)c1C(C)N1CCN(c2nccnc2-c2ccc(F)cc2)CC1. The third kappa shape index (κ3) is 3.49. The van der Waals surface area contributed by atoms with Gasteiger partial charge in [0.2, 0.25) is 0 Å². The highest BCUT2D eigenvalue weighted by Crippen LogP contribution is 2.30. The average molecular weight is 380 g/mol. The molecule has 0 spiro atoms. The molecule has 0 saturated carbocycles. The van der Waals surface area contributed by atoms with Gasteiger partial charge in [0.15, 0.2) is 5.82 Å². The Morgan fingerprint density at radius 1 is 1.00 bits per heavy atom. The fourth-order valence-electron chi connectivity index (χ4n) is 4.05. The van der Waals surface area contributed by atoms with Gasteiger partial charge >= 0.3 is 0 Å². The van der Waals surface area contributed by atoms with E-state index < -0.39 is 0 Å². The molecule has 28 heavy (non-hydrogen) atoms. The van der Waals surface area contributed by atoms with Crippen molar-refractivity contribution in [3.05, 3.63) is 59.4 Å². The Labute approximate surface area is 164 Å². The number of nitrogens with one attached hydrogen (secondary N) is 1. The Morgan fingerprint density at radius 3 is 2.32 bits per heavy atom. The quantitative estimate of drug-likeness (QED) is 0.751. The molecule has 4 rings (SSSR count). The normalized spacial score (nSPS) is 16.4. The van der Waals surface area contributed by atoms with E-state index in [1.165, 1.54) is 17.7 Å². The number of anilines is 1. The maximum absolute atomic E-state index is 13.3. The summed E-state index contributed by atoms with van der Waals surface area (Å²) in [4.78, 5) is 13.9.